The Balaban J connectivity index is 2.28. The molecule has 0 atom stereocenters. The summed E-state index contributed by atoms with van der Waals surface area (Å²) in [5, 5.41) is 12.9. The molecule has 0 amide bonds. The van der Waals surface area contributed by atoms with Gasteiger partial charge in [0, 0.05) is 30.9 Å². The summed E-state index contributed by atoms with van der Waals surface area (Å²) >= 11 is 0. The summed E-state index contributed by atoms with van der Waals surface area (Å²) in [6.07, 6.45) is 5.70. The highest BCUT2D eigenvalue weighted by Gasteiger charge is 2.04. The number of aliphatic hydroxyl groups excluding tert-OH is 1. The molecule has 0 radical (unpaired) electrons. The van der Waals surface area contributed by atoms with Crippen LogP contribution in [0.4, 0.5) is 0 Å². The Kier molecular flexibility index (Phi) is 2.78. The predicted octanol–water partition coefficient (Wildman–Crippen LogP) is 0.367. The molecule has 0 aliphatic heterocycles. The maximum Gasteiger partial charge on any atom is 0.171 e. The van der Waals surface area contributed by atoms with Crippen LogP contribution in [0.15, 0.2) is 36.8 Å². The van der Waals surface area contributed by atoms with Crippen molar-refractivity contribution < 1.29 is 9.67 Å². The number of aryl methyl sites for hydroxylation is 1. The molecule has 0 bridgehead atoms. The van der Waals surface area contributed by atoms with Crippen molar-refractivity contribution in [1.82, 2.24) is 9.78 Å². The maximum atomic E-state index is 8.78. The summed E-state index contributed by atoms with van der Waals surface area (Å²) in [6.45, 7) is 0.793. The summed E-state index contributed by atoms with van der Waals surface area (Å²) in [6, 6.07) is 6.02. The molecule has 4 heteroatoms. The van der Waals surface area contributed by atoms with E-state index in [4.69, 9.17) is 5.11 Å². The largest absolute Gasteiger partial charge is 0.390 e. The molecule has 0 saturated heterocycles. The Morgan fingerprint density at radius 2 is 2.07 bits per heavy atom. The lowest BCUT2D eigenvalue weighted by atomic mass is 10.2. The van der Waals surface area contributed by atoms with E-state index in [0.29, 0.717) is 6.54 Å². The van der Waals surface area contributed by atoms with Crippen LogP contribution in [-0.4, -0.2) is 21.5 Å². The lowest BCUT2D eigenvalue weighted by Gasteiger charge is -2.00. The van der Waals surface area contributed by atoms with Gasteiger partial charge in [-0.2, -0.15) is 5.10 Å². The van der Waals surface area contributed by atoms with Crippen LogP contribution in [0, 0.1) is 0 Å². The van der Waals surface area contributed by atoms with Gasteiger partial charge in [-0.3, -0.25) is 4.68 Å². The molecule has 0 aliphatic carbocycles. The first kappa shape index (κ1) is 9.86. The maximum absolute atomic E-state index is 8.78. The number of pyridine rings is 1. The number of aliphatic hydroxyl groups is 1. The van der Waals surface area contributed by atoms with Gasteiger partial charge in [-0.05, 0) is 6.07 Å². The van der Waals surface area contributed by atoms with E-state index in [0.717, 1.165) is 11.3 Å². The number of hydrogen-bond acceptors (Lipinski definition) is 2. The van der Waals surface area contributed by atoms with Crippen molar-refractivity contribution in [2.75, 3.05) is 6.61 Å². The van der Waals surface area contributed by atoms with Crippen molar-refractivity contribution in [2.24, 2.45) is 7.05 Å². The predicted molar refractivity (Wildman–Crippen MR) is 55.9 cm³/mol. The lowest BCUT2D eigenvalue weighted by molar-refractivity contribution is -0.698. The second kappa shape index (κ2) is 4.23. The monoisotopic (exact) mass is 204 g/mol. The molecular weight excluding hydrogens is 190 g/mol. The van der Waals surface area contributed by atoms with Crippen LogP contribution in [0.3, 0.4) is 0 Å². The van der Waals surface area contributed by atoms with E-state index in [1.165, 1.54) is 0 Å². The molecule has 0 aromatic carbocycles. The molecule has 0 spiro atoms. The molecule has 0 unspecified atom stereocenters. The van der Waals surface area contributed by atoms with Crippen LogP contribution in [0.2, 0.25) is 0 Å². The second-order valence-electron chi connectivity index (χ2n) is 3.39. The average Bonchev–Trinajstić information content (AvgIpc) is 2.66. The van der Waals surface area contributed by atoms with Crippen LogP contribution in [0.25, 0.3) is 11.3 Å². The van der Waals surface area contributed by atoms with Gasteiger partial charge < -0.3 is 5.11 Å². The van der Waals surface area contributed by atoms with Crippen molar-refractivity contribution >= 4 is 0 Å². The van der Waals surface area contributed by atoms with Crippen LogP contribution in [0.1, 0.15) is 0 Å². The van der Waals surface area contributed by atoms with Gasteiger partial charge in [0.05, 0.1) is 5.69 Å². The Morgan fingerprint density at radius 3 is 2.60 bits per heavy atom. The van der Waals surface area contributed by atoms with Crippen LogP contribution in [-0.2, 0) is 13.6 Å². The second-order valence-corrected chi connectivity index (χ2v) is 3.39. The number of aromatic nitrogens is 3. The van der Waals surface area contributed by atoms with E-state index >= 15 is 0 Å². The summed E-state index contributed by atoms with van der Waals surface area (Å²) in [4.78, 5) is 0. The molecule has 78 valence electrons. The van der Waals surface area contributed by atoms with E-state index in [1.54, 1.807) is 6.20 Å². The molecular formula is C11H14N3O+. The fourth-order valence-electron chi connectivity index (χ4n) is 1.55. The van der Waals surface area contributed by atoms with Gasteiger partial charge in [0.25, 0.3) is 0 Å². The third kappa shape index (κ3) is 2.05. The molecule has 15 heavy (non-hydrogen) atoms. The normalized spacial score (nSPS) is 10.5. The fourth-order valence-corrected chi connectivity index (χ4v) is 1.55. The Hall–Kier alpha value is -1.68. The van der Waals surface area contributed by atoms with E-state index in [2.05, 4.69) is 5.10 Å². The van der Waals surface area contributed by atoms with Crippen molar-refractivity contribution in [3.05, 3.63) is 36.8 Å². The van der Waals surface area contributed by atoms with Gasteiger partial charge >= 0.3 is 0 Å². The highest BCUT2D eigenvalue weighted by atomic mass is 16.3. The van der Waals surface area contributed by atoms with Crippen LogP contribution >= 0.6 is 0 Å². The minimum atomic E-state index is 0.162. The fraction of sp³-hybridized carbons (Fsp3) is 0.273. The van der Waals surface area contributed by atoms with Crippen molar-refractivity contribution in [3.63, 3.8) is 0 Å². The van der Waals surface area contributed by atoms with Gasteiger partial charge in [0.2, 0.25) is 0 Å². The Morgan fingerprint density at radius 1 is 1.33 bits per heavy atom. The quantitative estimate of drug-likeness (QED) is 0.734. The molecule has 2 aromatic rings. The molecule has 0 aliphatic rings. The molecule has 1 N–H and O–H groups in total. The Bertz CT molecular complexity index is 433. The zero-order chi connectivity index (χ0) is 10.7. The third-order valence-corrected chi connectivity index (χ3v) is 2.37. The van der Waals surface area contributed by atoms with Crippen LogP contribution < -0.4 is 4.57 Å². The molecule has 2 rings (SSSR count). The van der Waals surface area contributed by atoms with Gasteiger partial charge in [-0.15, -0.1) is 0 Å². The third-order valence-electron chi connectivity index (χ3n) is 2.37. The lowest BCUT2D eigenvalue weighted by Crippen LogP contribution is -2.34. The van der Waals surface area contributed by atoms with E-state index < -0.39 is 0 Å². The molecule has 0 saturated carbocycles. The van der Waals surface area contributed by atoms with Crippen molar-refractivity contribution in [3.8, 4) is 11.3 Å². The minimum absolute atomic E-state index is 0.162. The average molecular weight is 204 g/mol. The van der Waals surface area contributed by atoms with Crippen molar-refractivity contribution in [2.45, 2.75) is 6.54 Å². The number of rotatable bonds is 3. The summed E-state index contributed by atoms with van der Waals surface area (Å²) in [5.74, 6) is 0. The zero-order valence-electron chi connectivity index (χ0n) is 8.67. The van der Waals surface area contributed by atoms with Gasteiger partial charge in [0.15, 0.2) is 18.9 Å². The molecule has 0 fully saturated rings. The molecule has 2 aromatic heterocycles. The van der Waals surface area contributed by atoms with E-state index in [-0.39, 0.29) is 6.61 Å². The zero-order valence-corrected chi connectivity index (χ0v) is 8.67. The first-order valence-electron chi connectivity index (χ1n) is 4.89. The SMILES string of the molecule is Cn1nccc1-c1cc[n+](CCO)cc1. The van der Waals surface area contributed by atoms with E-state index in [9.17, 15) is 0 Å². The summed E-state index contributed by atoms with van der Waals surface area (Å²) in [5.41, 5.74) is 2.22. The first-order chi connectivity index (χ1) is 7.31. The topological polar surface area (TPSA) is 41.9 Å². The number of nitrogens with zero attached hydrogens (tertiary/aromatic N) is 3. The van der Waals surface area contributed by atoms with Crippen LogP contribution in [0.5, 0.6) is 0 Å². The standard InChI is InChI=1S/C11H14N3O/c1-13-11(2-5-12-13)10-3-6-14(7-4-10)8-9-15/h2-7,15H,8-9H2,1H3/q+1. The minimum Gasteiger partial charge on any atom is -0.390 e. The molecule has 4 nitrogen and oxygen atoms in total. The highest BCUT2D eigenvalue weighted by Crippen LogP contribution is 2.15. The van der Waals surface area contributed by atoms with Gasteiger partial charge in [-0.1, -0.05) is 0 Å². The number of hydrogen-bond donors (Lipinski definition) is 1. The van der Waals surface area contributed by atoms with Gasteiger partial charge in [-0.25, -0.2) is 4.57 Å². The van der Waals surface area contributed by atoms with Gasteiger partial charge in [0.1, 0.15) is 6.61 Å². The first-order valence-corrected chi connectivity index (χ1v) is 4.89. The smallest absolute Gasteiger partial charge is 0.171 e. The van der Waals surface area contributed by atoms with E-state index in [1.807, 2.05) is 46.9 Å². The Labute approximate surface area is 88.4 Å². The highest BCUT2D eigenvalue weighted by molar-refractivity contribution is 5.57. The molecule has 2 heterocycles. The van der Waals surface area contributed by atoms with Crippen molar-refractivity contribution in [1.29, 1.82) is 0 Å². The summed E-state index contributed by atoms with van der Waals surface area (Å²) in [7, 11) is 1.92. The summed E-state index contributed by atoms with van der Waals surface area (Å²) < 4.78 is 3.78.